The highest BCUT2D eigenvalue weighted by molar-refractivity contribution is 4.99. The van der Waals surface area contributed by atoms with Crippen LogP contribution in [0.25, 0.3) is 0 Å². The largest absolute Gasteiger partial charge is 0.395 e. The van der Waals surface area contributed by atoms with E-state index in [-0.39, 0.29) is 6.42 Å². The lowest BCUT2D eigenvalue weighted by Gasteiger charge is -2.36. The molecule has 0 fully saturated rings. The van der Waals surface area contributed by atoms with E-state index in [1.165, 1.54) is 0 Å². The van der Waals surface area contributed by atoms with Gasteiger partial charge in [-0.2, -0.15) is 26.3 Å². The zero-order valence-corrected chi connectivity index (χ0v) is 9.44. The summed E-state index contributed by atoms with van der Waals surface area (Å²) in [5.41, 5.74) is 0. The molecule has 0 aromatic carbocycles. The highest BCUT2D eigenvalue weighted by atomic mass is 19.3. The molecule has 3 nitrogen and oxygen atoms in total. The minimum absolute atomic E-state index is 0.125. The quantitative estimate of drug-likeness (QED) is 0.381. The second kappa shape index (κ2) is 5.22. The van der Waals surface area contributed by atoms with Gasteiger partial charge in [-0.15, -0.1) is 0 Å². The molecule has 0 aliphatic rings. The van der Waals surface area contributed by atoms with Crippen molar-refractivity contribution in [2.75, 3.05) is 0 Å². The lowest BCUT2D eigenvalue weighted by molar-refractivity contribution is -0.465. The van der Waals surface area contributed by atoms with Gasteiger partial charge in [0.15, 0.2) is 0 Å². The fraction of sp³-hybridized carbons (Fsp3) is 1.00. The van der Waals surface area contributed by atoms with E-state index < -0.39 is 36.6 Å². The molecule has 0 aromatic heterocycles. The van der Waals surface area contributed by atoms with Crippen LogP contribution in [0.3, 0.4) is 0 Å². The smallest absolute Gasteiger partial charge is 0.339 e. The molecule has 18 heavy (non-hydrogen) atoms. The highest BCUT2D eigenvalue weighted by Crippen LogP contribution is 2.51. The Morgan fingerprint density at radius 2 is 1.22 bits per heavy atom. The molecule has 0 heterocycles. The van der Waals surface area contributed by atoms with E-state index >= 15 is 0 Å². The van der Waals surface area contributed by atoms with Gasteiger partial charge in [0.05, 0.1) is 0 Å². The Morgan fingerprint density at radius 1 is 0.778 bits per heavy atom. The Hall–Kier alpha value is -0.540. The molecular weight excluding hydrogens is 270 g/mol. The molecular formula is C9H14F6O3. The van der Waals surface area contributed by atoms with Crippen LogP contribution in [0.4, 0.5) is 26.3 Å². The predicted molar refractivity (Wildman–Crippen MR) is 48.4 cm³/mol. The van der Waals surface area contributed by atoms with E-state index in [0.717, 1.165) is 0 Å². The number of halogens is 6. The zero-order chi connectivity index (χ0) is 14.8. The maximum absolute atomic E-state index is 13.0. The van der Waals surface area contributed by atoms with Crippen LogP contribution in [0.5, 0.6) is 0 Å². The molecule has 0 amide bonds. The lowest BCUT2D eigenvalue weighted by Crippen LogP contribution is -2.65. The van der Waals surface area contributed by atoms with Crippen LogP contribution >= 0.6 is 0 Å². The van der Waals surface area contributed by atoms with Crippen molar-refractivity contribution in [1.82, 2.24) is 0 Å². The van der Waals surface area contributed by atoms with Gasteiger partial charge in [0, 0.05) is 6.42 Å². The Labute approximate surface area is 99.0 Å². The summed E-state index contributed by atoms with van der Waals surface area (Å²) in [5.74, 6) is -22.6. The molecule has 0 rings (SSSR count). The first kappa shape index (κ1) is 17.5. The van der Waals surface area contributed by atoms with Gasteiger partial charge in [-0.25, -0.2) is 0 Å². The number of rotatable bonds is 7. The van der Waals surface area contributed by atoms with E-state index in [2.05, 4.69) is 0 Å². The van der Waals surface area contributed by atoms with Crippen LogP contribution in [-0.2, 0) is 0 Å². The van der Waals surface area contributed by atoms with Gasteiger partial charge in [-0.3, -0.25) is 0 Å². The highest BCUT2D eigenvalue weighted by Gasteiger charge is 2.78. The van der Waals surface area contributed by atoms with Crippen molar-refractivity contribution in [2.45, 2.75) is 56.3 Å². The van der Waals surface area contributed by atoms with Crippen molar-refractivity contribution in [1.29, 1.82) is 0 Å². The third kappa shape index (κ3) is 3.07. The van der Waals surface area contributed by atoms with E-state index in [1.807, 2.05) is 0 Å². The van der Waals surface area contributed by atoms with Crippen LogP contribution in [0.2, 0.25) is 0 Å². The monoisotopic (exact) mass is 284 g/mol. The summed E-state index contributed by atoms with van der Waals surface area (Å²) in [6.07, 6.45) is -1.47. The van der Waals surface area contributed by atoms with Crippen LogP contribution < -0.4 is 0 Å². The summed E-state index contributed by atoms with van der Waals surface area (Å²) in [6.45, 7) is 1.59. The molecule has 0 atom stereocenters. The Bertz CT molecular complexity index is 274. The third-order valence-electron chi connectivity index (χ3n) is 2.37. The number of aliphatic hydroxyl groups is 3. The minimum Gasteiger partial charge on any atom is -0.339 e. The standard InChI is InChI=1S/C9H14F6O3/c1-2-3-4-5-6(10,11)7(12,13)8(14,15)9(16,17)18/h16-18H,2-5H2,1H3. The molecule has 0 spiro atoms. The normalized spacial score (nSPS) is 15.0. The number of hydrogen-bond donors (Lipinski definition) is 3. The molecule has 0 bridgehead atoms. The first-order valence-corrected chi connectivity index (χ1v) is 5.12. The maximum atomic E-state index is 13.0. The summed E-state index contributed by atoms with van der Waals surface area (Å²) in [5, 5.41) is 24.2. The van der Waals surface area contributed by atoms with E-state index in [0.29, 0.717) is 6.42 Å². The second-order valence-corrected chi connectivity index (χ2v) is 3.95. The fourth-order valence-corrected chi connectivity index (χ4v) is 1.19. The van der Waals surface area contributed by atoms with Crippen molar-refractivity contribution in [3.8, 4) is 0 Å². The summed E-state index contributed by atoms with van der Waals surface area (Å²) < 4.78 is 77.3. The van der Waals surface area contributed by atoms with Crippen molar-refractivity contribution < 1.29 is 41.7 Å². The maximum Gasteiger partial charge on any atom is 0.395 e. The molecule has 0 aliphatic heterocycles. The van der Waals surface area contributed by atoms with Crippen LogP contribution in [0, 0.1) is 0 Å². The topological polar surface area (TPSA) is 60.7 Å². The number of alkyl halides is 6. The summed E-state index contributed by atoms with van der Waals surface area (Å²) in [7, 11) is 0. The molecule has 0 saturated heterocycles. The molecule has 3 N–H and O–H groups in total. The van der Waals surface area contributed by atoms with Crippen molar-refractivity contribution in [2.24, 2.45) is 0 Å². The molecule has 0 aliphatic carbocycles. The zero-order valence-electron chi connectivity index (χ0n) is 9.44. The Morgan fingerprint density at radius 3 is 1.56 bits per heavy atom. The van der Waals surface area contributed by atoms with Gasteiger partial charge >= 0.3 is 23.7 Å². The van der Waals surface area contributed by atoms with E-state index in [9.17, 15) is 26.3 Å². The van der Waals surface area contributed by atoms with Gasteiger partial charge in [-0.1, -0.05) is 19.8 Å². The van der Waals surface area contributed by atoms with Crippen molar-refractivity contribution >= 4 is 0 Å². The minimum atomic E-state index is -6.10. The van der Waals surface area contributed by atoms with Crippen molar-refractivity contribution in [3.63, 3.8) is 0 Å². The van der Waals surface area contributed by atoms with E-state index in [4.69, 9.17) is 15.3 Å². The van der Waals surface area contributed by atoms with Gasteiger partial charge < -0.3 is 15.3 Å². The second-order valence-electron chi connectivity index (χ2n) is 3.95. The Balaban J connectivity index is 5.11. The first-order chi connectivity index (χ1) is 7.81. The van der Waals surface area contributed by atoms with Crippen LogP contribution in [0.15, 0.2) is 0 Å². The SMILES string of the molecule is CCCCCC(F)(F)C(F)(F)C(F)(F)C(O)(O)O. The number of hydrogen-bond acceptors (Lipinski definition) is 3. The first-order valence-electron chi connectivity index (χ1n) is 5.12. The number of unbranched alkanes of at least 4 members (excludes halogenated alkanes) is 2. The Kier molecular flexibility index (Phi) is 5.06. The lowest BCUT2D eigenvalue weighted by atomic mass is 9.97. The van der Waals surface area contributed by atoms with Gasteiger partial charge in [0.25, 0.3) is 0 Å². The van der Waals surface area contributed by atoms with E-state index in [1.54, 1.807) is 6.92 Å². The summed E-state index contributed by atoms with van der Waals surface area (Å²) in [4.78, 5) is 0. The molecule has 0 aromatic rings. The summed E-state index contributed by atoms with van der Waals surface area (Å²) >= 11 is 0. The average Bonchev–Trinajstić information content (AvgIpc) is 2.15. The molecule has 110 valence electrons. The van der Waals surface area contributed by atoms with Gasteiger partial charge in [0.2, 0.25) is 0 Å². The molecule has 0 radical (unpaired) electrons. The van der Waals surface area contributed by atoms with Crippen LogP contribution in [-0.4, -0.2) is 39.1 Å². The van der Waals surface area contributed by atoms with Gasteiger partial charge in [0.1, 0.15) is 0 Å². The predicted octanol–water partition coefficient (Wildman–Crippen LogP) is 2.10. The molecule has 9 heteroatoms. The summed E-state index contributed by atoms with van der Waals surface area (Å²) in [6, 6.07) is 0. The third-order valence-corrected chi connectivity index (χ3v) is 2.37. The molecule has 0 unspecified atom stereocenters. The average molecular weight is 284 g/mol. The van der Waals surface area contributed by atoms with Gasteiger partial charge in [-0.05, 0) is 6.42 Å². The fourth-order valence-electron chi connectivity index (χ4n) is 1.19. The van der Waals surface area contributed by atoms with Crippen LogP contribution in [0.1, 0.15) is 32.6 Å². The van der Waals surface area contributed by atoms with Crippen molar-refractivity contribution in [3.05, 3.63) is 0 Å². The molecule has 0 saturated carbocycles.